The molecule has 1 atom stereocenters. The number of rotatable bonds is 6. The van der Waals surface area contributed by atoms with E-state index in [0.717, 1.165) is 18.0 Å². The highest BCUT2D eigenvalue weighted by Crippen LogP contribution is 2.09. The summed E-state index contributed by atoms with van der Waals surface area (Å²) in [4.78, 5) is 0. The van der Waals surface area contributed by atoms with E-state index in [0.29, 0.717) is 13.1 Å². The van der Waals surface area contributed by atoms with Gasteiger partial charge < -0.3 is 16.2 Å². The minimum atomic E-state index is -0.449. The molecule has 0 bridgehead atoms. The lowest BCUT2D eigenvalue weighted by molar-refractivity contribution is 0.180. The van der Waals surface area contributed by atoms with E-state index in [4.69, 9.17) is 17.3 Å². The van der Waals surface area contributed by atoms with Crippen molar-refractivity contribution >= 4 is 11.6 Å². The monoisotopic (exact) mass is 228 g/mol. The van der Waals surface area contributed by atoms with Crippen molar-refractivity contribution in [2.45, 2.75) is 12.5 Å². The molecule has 1 rings (SSSR count). The molecule has 0 heterocycles. The number of hydrogen-bond donors (Lipinski definition) is 3. The van der Waals surface area contributed by atoms with E-state index in [1.807, 2.05) is 24.3 Å². The molecule has 0 aliphatic rings. The molecule has 0 aliphatic heterocycles. The van der Waals surface area contributed by atoms with E-state index in [9.17, 15) is 5.11 Å². The highest BCUT2D eigenvalue weighted by molar-refractivity contribution is 6.30. The van der Waals surface area contributed by atoms with Gasteiger partial charge >= 0.3 is 0 Å². The second-order valence-electron chi connectivity index (χ2n) is 3.47. The molecule has 0 aliphatic carbocycles. The molecule has 84 valence electrons. The zero-order valence-corrected chi connectivity index (χ0v) is 9.37. The number of aliphatic hydroxyl groups excluding tert-OH is 1. The van der Waals surface area contributed by atoms with Crippen molar-refractivity contribution in [2.75, 3.05) is 19.6 Å². The summed E-state index contributed by atoms with van der Waals surface area (Å²) in [6, 6.07) is 7.77. The molecule has 3 nitrogen and oxygen atoms in total. The second kappa shape index (κ2) is 6.80. The third-order valence-corrected chi connectivity index (χ3v) is 2.41. The van der Waals surface area contributed by atoms with Crippen molar-refractivity contribution in [3.8, 4) is 0 Å². The van der Waals surface area contributed by atoms with Gasteiger partial charge in [-0.3, -0.25) is 0 Å². The predicted octanol–water partition coefficient (Wildman–Crippen LogP) is 0.792. The molecule has 0 spiro atoms. The van der Waals surface area contributed by atoms with Gasteiger partial charge in [0.15, 0.2) is 0 Å². The Bertz CT molecular complexity index is 276. The zero-order valence-electron chi connectivity index (χ0n) is 8.62. The summed E-state index contributed by atoms with van der Waals surface area (Å²) in [7, 11) is 0. The topological polar surface area (TPSA) is 58.3 Å². The van der Waals surface area contributed by atoms with Gasteiger partial charge in [0, 0.05) is 18.1 Å². The highest BCUT2D eigenvalue weighted by Gasteiger charge is 1.99. The molecular weight excluding hydrogens is 212 g/mol. The van der Waals surface area contributed by atoms with Crippen LogP contribution in [0.25, 0.3) is 0 Å². The molecule has 4 heteroatoms. The fourth-order valence-corrected chi connectivity index (χ4v) is 1.36. The first-order valence-corrected chi connectivity index (χ1v) is 5.43. The molecule has 0 fully saturated rings. The van der Waals surface area contributed by atoms with Gasteiger partial charge in [-0.25, -0.2) is 0 Å². The van der Waals surface area contributed by atoms with Crippen molar-refractivity contribution in [3.05, 3.63) is 34.9 Å². The summed E-state index contributed by atoms with van der Waals surface area (Å²) in [6.07, 6.45) is 0.476. The predicted molar refractivity (Wildman–Crippen MR) is 63.1 cm³/mol. The Hall–Kier alpha value is -0.610. The molecule has 4 N–H and O–H groups in total. The van der Waals surface area contributed by atoms with Crippen LogP contribution in [0, 0.1) is 0 Å². The number of halogens is 1. The first-order valence-electron chi connectivity index (χ1n) is 5.05. The second-order valence-corrected chi connectivity index (χ2v) is 3.91. The fraction of sp³-hybridized carbons (Fsp3) is 0.455. The Morgan fingerprint density at radius 1 is 1.33 bits per heavy atom. The van der Waals surface area contributed by atoms with Gasteiger partial charge in [-0.15, -0.1) is 0 Å². The van der Waals surface area contributed by atoms with Crippen LogP contribution < -0.4 is 11.1 Å². The summed E-state index contributed by atoms with van der Waals surface area (Å²) < 4.78 is 0. The van der Waals surface area contributed by atoms with Crippen molar-refractivity contribution in [1.29, 1.82) is 0 Å². The van der Waals surface area contributed by atoms with Gasteiger partial charge in [-0.2, -0.15) is 0 Å². The van der Waals surface area contributed by atoms with Crippen LogP contribution in [0.2, 0.25) is 5.02 Å². The van der Waals surface area contributed by atoms with Gasteiger partial charge in [0.1, 0.15) is 0 Å². The minimum absolute atomic E-state index is 0.300. The maximum absolute atomic E-state index is 9.19. The summed E-state index contributed by atoms with van der Waals surface area (Å²) in [6.45, 7) is 1.68. The SMILES string of the molecule is NCC(O)CNCCc1ccc(Cl)cc1. The van der Waals surface area contributed by atoms with Crippen LogP contribution in [0.15, 0.2) is 24.3 Å². The molecule has 0 radical (unpaired) electrons. The summed E-state index contributed by atoms with van der Waals surface area (Å²) in [5.41, 5.74) is 6.51. The van der Waals surface area contributed by atoms with Crippen LogP contribution >= 0.6 is 11.6 Å². The maximum atomic E-state index is 9.19. The van der Waals surface area contributed by atoms with E-state index in [1.54, 1.807) is 0 Å². The number of nitrogens with two attached hydrogens (primary N) is 1. The Morgan fingerprint density at radius 2 is 2.00 bits per heavy atom. The third kappa shape index (κ3) is 5.14. The summed E-state index contributed by atoms with van der Waals surface area (Å²) >= 11 is 5.77. The lowest BCUT2D eigenvalue weighted by Gasteiger charge is -2.09. The van der Waals surface area contributed by atoms with Crippen LogP contribution in [-0.4, -0.2) is 30.8 Å². The Kier molecular flexibility index (Phi) is 5.65. The smallest absolute Gasteiger partial charge is 0.0786 e. The normalized spacial score (nSPS) is 12.7. The van der Waals surface area contributed by atoms with Crippen LogP contribution in [-0.2, 0) is 6.42 Å². The van der Waals surface area contributed by atoms with Crippen molar-refractivity contribution in [2.24, 2.45) is 5.73 Å². The van der Waals surface area contributed by atoms with Crippen LogP contribution in [0.3, 0.4) is 0 Å². The lowest BCUT2D eigenvalue weighted by atomic mass is 10.1. The first kappa shape index (κ1) is 12.5. The molecule has 0 saturated heterocycles. The number of nitrogens with one attached hydrogen (secondary N) is 1. The maximum Gasteiger partial charge on any atom is 0.0786 e. The van der Waals surface area contributed by atoms with E-state index in [2.05, 4.69) is 5.32 Å². The summed E-state index contributed by atoms with van der Waals surface area (Å²) in [5, 5.41) is 13.1. The molecule has 0 saturated carbocycles. The Labute approximate surface area is 95.2 Å². The fourth-order valence-electron chi connectivity index (χ4n) is 1.24. The molecule has 0 amide bonds. The number of hydrogen-bond acceptors (Lipinski definition) is 3. The van der Waals surface area contributed by atoms with Gasteiger partial charge in [0.05, 0.1) is 6.10 Å². The minimum Gasteiger partial charge on any atom is -0.390 e. The summed E-state index contributed by atoms with van der Waals surface area (Å²) in [5.74, 6) is 0. The lowest BCUT2D eigenvalue weighted by Crippen LogP contribution is -2.33. The van der Waals surface area contributed by atoms with Crippen molar-refractivity contribution in [1.82, 2.24) is 5.32 Å². The Balaban J connectivity index is 2.17. The third-order valence-electron chi connectivity index (χ3n) is 2.16. The quantitative estimate of drug-likeness (QED) is 0.631. The zero-order chi connectivity index (χ0) is 11.1. The van der Waals surface area contributed by atoms with Crippen molar-refractivity contribution in [3.63, 3.8) is 0 Å². The van der Waals surface area contributed by atoms with Gasteiger partial charge in [0.25, 0.3) is 0 Å². The van der Waals surface area contributed by atoms with Crippen LogP contribution in [0.4, 0.5) is 0 Å². The van der Waals surface area contributed by atoms with Crippen molar-refractivity contribution < 1.29 is 5.11 Å². The molecule has 0 aromatic heterocycles. The first-order chi connectivity index (χ1) is 7.22. The van der Waals surface area contributed by atoms with Gasteiger partial charge in [-0.05, 0) is 30.7 Å². The van der Waals surface area contributed by atoms with E-state index in [1.165, 1.54) is 5.56 Å². The Morgan fingerprint density at radius 3 is 2.60 bits per heavy atom. The van der Waals surface area contributed by atoms with E-state index < -0.39 is 6.10 Å². The standard InChI is InChI=1S/C11H17ClN2O/c12-10-3-1-9(2-4-10)5-6-14-8-11(15)7-13/h1-4,11,14-15H,5-8,13H2. The molecule has 15 heavy (non-hydrogen) atoms. The number of benzene rings is 1. The van der Waals surface area contributed by atoms with Crippen LogP contribution in [0.1, 0.15) is 5.56 Å². The van der Waals surface area contributed by atoms with E-state index in [-0.39, 0.29) is 0 Å². The van der Waals surface area contributed by atoms with E-state index >= 15 is 0 Å². The molecular formula is C11H17ClN2O. The molecule has 1 aromatic rings. The molecule has 1 aromatic carbocycles. The molecule has 1 unspecified atom stereocenters. The van der Waals surface area contributed by atoms with Crippen LogP contribution in [0.5, 0.6) is 0 Å². The largest absolute Gasteiger partial charge is 0.390 e. The average molecular weight is 229 g/mol. The average Bonchev–Trinajstić information content (AvgIpc) is 2.26. The van der Waals surface area contributed by atoms with Gasteiger partial charge in [0.2, 0.25) is 0 Å². The highest BCUT2D eigenvalue weighted by atomic mass is 35.5. The van der Waals surface area contributed by atoms with Gasteiger partial charge in [-0.1, -0.05) is 23.7 Å². The number of aliphatic hydroxyl groups is 1.